The Kier molecular flexibility index (Phi) is 3.94. The summed E-state index contributed by atoms with van der Waals surface area (Å²) in [5.74, 6) is 0.561. The Morgan fingerprint density at radius 2 is 2.00 bits per heavy atom. The van der Waals surface area contributed by atoms with Crippen molar-refractivity contribution in [2.45, 2.75) is 20.8 Å². The van der Waals surface area contributed by atoms with E-state index in [4.69, 9.17) is 4.74 Å². The number of nitrogens with one attached hydrogen (secondary N) is 1. The highest BCUT2D eigenvalue weighted by atomic mass is 19.1. The molecule has 0 saturated heterocycles. The van der Waals surface area contributed by atoms with Crippen molar-refractivity contribution in [2.24, 2.45) is 0 Å². The lowest BCUT2D eigenvalue weighted by atomic mass is 10.2. The molecule has 0 unspecified atom stereocenters. The third kappa shape index (κ3) is 3.40. The predicted molar refractivity (Wildman–Crippen MR) is 72.1 cm³/mol. The van der Waals surface area contributed by atoms with Crippen LogP contribution in [0.15, 0.2) is 24.3 Å². The van der Waals surface area contributed by atoms with Gasteiger partial charge in [0.1, 0.15) is 0 Å². The van der Waals surface area contributed by atoms with Crippen LogP contribution in [0.3, 0.4) is 0 Å². The normalized spacial score (nSPS) is 10.3. The Morgan fingerprint density at radius 3 is 2.74 bits per heavy atom. The van der Waals surface area contributed by atoms with Gasteiger partial charge in [-0.2, -0.15) is 4.98 Å². The maximum atomic E-state index is 13.6. The van der Waals surface area contributed by atoms with Gasteiger partial charge in [0.05, 0.1) is 0 Å². The molecular formula is C14H16FN3O. The van der Waals surface area contributed by atoms with Gasteiger partial charge < -0.3 is 10.1 Å². The number of aromatic nitrogens is 2. The van der Waals surface area contributed by atoms with Crippen molar-refractivity contribution < 1.29 is 9.13 Å². The van der Waals surface area contributed by atoms with Crippen LogP contribution < -0.4 is 10.1 Å². The van der Waals surface area contributed by atoms with Gasteiger partial charge in [0.15, 0.2) is 11.6 Å². The molecule has 0 atom stereocenters. The van der Waals surface area contributed by atoms with Crippen molar-refractivity contribution in [3.63, 3.8) is 0 Å². The average molecular weight is 261 g/mol. The van der Waals surface area contributed by atoms with Crippen molar-refractivity contribution in [1.82, 2.24) is 9.97 Å². The van der Waals surface area contributed by atoms with Crippen molar-refractivity contribution in [2.75, 3.05) is 11.9 Å². The smallest absolute Gasteiger partial charge is 0.226 e. The lowest BCUT2D eigenvalue weighted by Gasteiger charge is -2.09. The molecule has 0 fully saturated rings. The van der Waals surface area contributed by atoms with E-state index in [1.807, 2.05) is 20.8 Å². The number of rotatable bonds is 4. The number of anilines is 1. The minimum atomic E-state index is -0.410. The molecule has 0 spiro atoms. The van der Waals surface area contributed by atoms with E-state index in [2.05, 4.69) is 15.3 Å². The predicted octanol–water partition coefficient (Wildman–Crippen LogP) is 3.46. The van der Waals surface area contributed by atoms with Gasteiger partial charge in [0.2, 0.25) is 11.8 Å². The van der Waals surface area contributed by atoms with Crippen LogP contribution in [0.1, 0.15) is 18.2 Å². The number of nitrogens with zero attached hydrogens (tertiary/aromatic N) is 2. The third-order valence-electron chi connectivity index (χ3n) is 2.47. The summed E-state index contributed by atoms with van der Waals surface area (Å²) in [6.07, 6.45) is 0. The van der Waals surface area contributed by atoms with E-state index in [1.54, 1.807) is 18.2 Å². The van der Waals surface area contributed by atoms with E-state index in [9.17, 15) is 4.39 Å². The first-order chi connectivity index (χ1) is 9.08. The Hall–Kier alpha value is -2.17. The van der Waals surface area contributed by atoms with Gasteiger partial charge in [-0.05, 0) is 38.5 Å². The van der Waals surface area contributed by atoms with E-state index in [0.717, 1.165) is 11.3 Å². The van der Waals surface area contributed by atoms with E-state index < -0.39 is 5.82 Å². The van der Waals surface area contributed by atoms with Crippen molar-refractivity contribution in [1.29, 1.82) is 0 Å². The molecule has 2 rings (SSSR count). The van der Waals surface area contributed by atoms with Gasteiger partial charge in [-0.1, -0.05) is 6.07 Å². The largest absolute Gasteiger partial charge is 0.436 e. The first kappa shape index (κ1) is 13.3. The zero-order valence-corrected chi connectivity index (χ0v) is 11.2. The van der Waals surface area contributed by atoms with Gasteiger partial charge in [0, 0.05) is 18.3 Å². The molecule has 0 bridgehead atoms. The molecule has 1 N–H and O–H groups in total. The van der Waals surface area contributed by atoms with Crippen LogP contribution in [0.5, 0.6) is 11.6 Å². The quantitative estimate of drug-likeness (QED) is 0.915. The summed E-state index contributed by atoms with van der Waals surface area (Å²) in [6.45, 7) is 6.37. The van der Waals surface area contributed by atoms with Crippen LogP contribution in [-0.4, -0.2) is 16.5 Å². The summed E-state index contributed by atoms with van der Waals surface area (Å²) < 4.78 is 19.1. The minimum absolute atomic E-state index is 0.167. The standard InChI is InChI=1S/C14H16FN3O/c1-4-16-14-17-10(3)8-13(18-14)19-12-7-9(2)5-6-11(12)15/h5-8H,4H2,1-3H3,(H,16,17,18). The SMILES string of the molecule is CCNc1nc(C)cc(Oc2cc(C)ccc2F)n1. The Morgan fingerprint density at radius 1 is 1.21 bits per heavy atom. The summed E-state index contributed by atoms with van der Waals surface area (Å²) in [7, 11) is 0. The summed E-state index contributed by atoms with van der Waals surface area (Å²) in [5.41, 5.74) is 1.68. The fourth-order valence-electron chi connectivity index (χ4n) is 1.63. The Bertz CT molecular complexity index is 587. The second-order valence-corrected chi connectivity index (χ2v) is 4.24. The van der Waals surface area contributed by atoms with Crippen LogP contribution >= 0.6 is 0 Å². The first-order valence-electron chi connectivity index (χ1n) is 6.12. The number of hydrogen-bond donors (Lipinski definition) is 1. The second-order valence-electron chi connectivity index (χ2n) is 4.24. The maximum absolute atomic E-state index is 13.6. The monoisotopic (exact) mass is 261 g/mol. The number of halogens is 1. The molecule has 1 aromatic heterocycles. The number of ether oxygens (including phenoxy) is 1. The summed E-state index contributed by atoms with van der Waals surface area (Å²) in [4.78, 5) is 8.39. The molecule has 4 nitrogen and oxygen atoms in total. The lowest BCUT2D eigenvalue weighted by Crippen LogP contribution is -2.04. The molecule has 0 radical (unpaired) electrons. The van der Waals surface area contributed by atoms with Gasteiger partial charge >= 0.3 is 0 Å². The fraction of sp³-hybridized carbons (Fsp3) is 0.286. The van der Waals surface area contributed by atoms with Crippen molar-refractivity contribution in [3.05, 3.63) is 41.3 Å². The van der Waals surface area contributed by atoms with Gasteiger partial charge in [-0.15, -0.1) is 0 Å². The molecule has 1 heterocycles. The van der Waals surface area contributed by atoms with E-state index in [0.29, 0.717) is 18.4 Å². The molecule has 19 heavy (non-hydrogen) atoms. The zero-order valence-electron chi connectivity index (χ0n) is 11.2. The van der Waals surface area contributed by atoms with E-state index >= 15 is 0 Å². The molecule has 0 aliphatic heterocycles. The third-order valence-corrected chi connectivity index (χ3v) is 2.47. The van der Waals surface area contributed by atoms with Crippen molar-refractivity contribution in [3.8, 4) is 11.6 Å². The van der Waals surface area contributed by atoms with Crippen LogP contribution in [0, 0.1) is 19.7 Å². The highest BCUT2D eigenvalue weighted by Crippen LogP contribution is 2.25. The summed E-state index contributed by atoms with van der Waals surface area (Å²) in [5, 5.41) is 3.00. The Balaban J connectivity index is 2.29. The van der Waals surface area contributed by atoms with E-state index in [1.165, 1.54) is 6.07 Å². The number of aryl methyl sites for hydroxylation is 2. The lowest BCUT2D eigenvalue weighted by molar-refractivity contribution is 0.426. The molecule has 1 aromatic carbocycles. The molecule has 100 valence electrons. The summed E-state index contributed by atoms with van der Waals surface area (Å²) in [6, 6.07) is 6.38. The molecular weight excluding hydrogens is 245 g/mol. The topological polar surface area (TPSA) is 47.0 Å². The molecule has 0 amide bonds. The number of hydrogen-bond acceptors (Lipinski definition) is 4. The molecule has 0 saturated carbocycles. The molecule has 0 aliphatic rings. The van der Waals surface area contributed by atoms with Crippen LogP contribution in [0.2, 0.25) is 0 Å². The molecule has 0 aliphatic carbocycles. The van der Waals surface area contributed by atoms with Crippen LogP contribution in [-0.2, 0) is 0 Å². The van der Waals surface area contributed by atoms with E-state index in [-0.39, 0.29) is 5.75 Å². The zero-order chi connectivity index (χ0) is 13.8. The van der Waals surface area contributed by atoms with Crippen LogP contribution in [0.4, 0.5) is 10.3 Å². The van der Waals surface area contributed by atoms with Gasteiger partial charge in [-0.3, -0.25) is 0 Å². The van der Waals surface area contributed by atoms with Crippen LogP contribution in [0.25, 0.3) is 0 Å². The summed E-state index contributed by atoms with van der Waals surface area (Å²) >= 11 is 0. The molecule has 2 aromatic rings. The van der Waals surface area contributed by atoms with Crippen molar-refractivity contribution >= 4 is 5.95 Å². The number of benzene rings is 1. The first-order valence-corrected chi connectivity index (χ1v) is 6.12. The minimum Gasteiger partial charge on any atom is -0.436 e. The highest BCUT2D eigenvalue weighted by Gasteiger charge is 2.08. The van der Waals surface area contributed by atoms with Gasteiger partial charge in [0.25, 0.3) is 0 Å². The van der Waals surface area contributed by atoms with Gasteiger partial charge in [-0.25, -0.2) is 9.37 Å². The molecule has 5 heteroatoms. The maximum Gasteiger partial charge on any atom is 0.226 e. The fourth-order valence-corrected chi connectivity index (χ4v) is 1.63. The highest BCUT2D eigenvalue weighted by molar-refractivity contribution is 5.35. The average Bonchev–Trinajstić information content (AvgIpc) is 2.33. The Labute approximate surface area is 111 Å². The second kappa shape index (κ2) is 5.65.